The first-order valence-electron chi connectivity index (χ1n) is 5.16. The van der Waals surface area contributed by atoms with E-state index in [0.717, 1.165) is 5.69 Å². The number of nitrogens with two attached hydrogens (primary N) is 1. The van der Waals surface area contributed by atoms with Gasteiger partial charge in [0, 0.05) is 14.1 Å². The molecule has 86 valence electrons. The quantitative estimate of drug-likeness (QED) is 0.841. The minimum Gasteiger partial charge on any atom is -0.382 e. The number of hydrogen-bond acceptors (Lipinski definition) is 4. The van der Waals surface area contributed by atoms with Crippen LogP contribution in [0.4, 0.5) is 11.6 Å². The summed E-state index contributed by atoms with van der Waals surface area (Å²) < 4.78 is 1.58. The van der Waals surface area contributed by atoms with Gasteiger partial charge in [-0.05, 0) is 12.1 Å². The van der Waals surface area contributed by atoms with Gasteiger partial charge < -0.3 is 10.6 Å². The van der Waals surface area contributed by atoms with E-state index in [1.165, 1.54) is 0 Å². The van der Waals surface area contributed by atoms with Crippen molar-refractivity contribution in [1.29, 1.82) is 5.26 Å². The molecule has 2 rings (SSSR count). The second-order valence-electron chi connectivity index (χ2n) is 3.84. The molecule has 0 unspecified atom stereocenters. The van der Waals surface area contributed by atoms with Crippen molar-refractivity contribution in [2.24, 2.45) is 0 Å². The van der Waals surface area contributed by atoms with Crippen LogP contribution >= 0.6 is 0 Å². The first-order chi connectivity index (χ1) is 8.15. The van der Waals surface area contributed by atoms with Crippen LogP contribution in [0.3, 0.4) is 0 Å². The van der Waals surface area contributed by atoms with Gasteiger partial charge in [-0.25, -0.2) is 4.68 Å². The van der Waals surface area contributed by atoms with Crippen LogP contribution in [-0.2, 0) is 0 Å². The fourth-order valence-electron chi connectivity index (χ4n) is 1.61. The van der Waals surface area contributed by atoms with Gasteiger partial charge in [0.1, 0.15) is 17.5 Å². The molecule has 17 heavy (non-hydrogen) atoms. The van der Waals surface area contributed by atoms with E-state index in [4.69, 9.17) is 11.0 Å². The van der Waals surface area contributed by atoms with Crippen LogP contribution in [0.1, 0.15) is 5.56 Å². The Morgan fingerprint density at radius 3 is 2.41 bits per heavy atom. The molecule has 0 spiro atoms. The molecular weight excluding hydrogens is 214 g/mol. The first kappa shape index (κ1) is 11.0. The van der Waals surface area contributed by atoms with E-state index in [1.807, 2.05) is 44.4 Å². The Kier molecular flexibility index (Phi) is 2.71. The maximum atomic E-state index is 9.10. The number of benzene rings is 1. The SMILES string of the molecule is CN(C)c1nn(-c2ccccc2)c(N)c1C#N. The molecule has 0 saturated carbocycles. The van der Waals surface area contributed by atoms with Crippen molar-refractivity contribution in [3.63, 3.8) is 0 Å². The first-order valence-corrected chi connectivity index (χ1v) is 5.16. The fourth-order valence-corrected chi connectivity index (χ4v) is 1.61. The topological polar surface area (TPSA) is 70.9 Å². The molecule has 0 bridgehead atoms. The Labute approximate surface area is 99.7 Å². The maximum Gasteiger partial charge on any atom is 0.170 e. The van der Waals surface area contributed by atoms with Crippen molar-refractivity contribution in [2.75, 3.05) is 24.7 Å². The second-order valence-corrected chi connectivity index (χ2v) is 3.84. The van der Waals surface area contributed by atoms with E-state index in [2.05, 4.69) is 11.2 Å². The molecular formula is C12H13N5. The number of aromatic nitrogens is 2. The molecule has 0 amide bonds. The van der Waals surface area contributed by atoms with E-state index >= 15 is 0 Å². The highest BCUT2D eigenvalue weighted by Gasteiger charge is 2.17. The Hall–Kier alpha value is -2.48. The van der Waals surface area contributed by atoms with Gasteiger partial charge in [0.25, 0.3) is 0 Å². The van der Waals surface area contributed by atoms with Crippen LogP contribution in [-0.4, -0.2) is 23.9 Å². The number of nitrogen functional groups attached to an aromatic ring is 1. The van der Waals surface area contributed by atoms with Crippen molar-refractivity contribution >= 4 is 11.6 Å². The highest BCUT2D eigenvalue weighted by molar-refractivity contribution is 5.66. The second kappa shape index (κ2) is 4.18. The van der Waals surface area contributed by atoms with Crippen molar-refractivity contribution in [3.05, 3.63) is 35.9 Å². The summed E-state index contributed by atoms with van der Waals surface area (Å²) in [4.78, 5) is 1.77. The summed E-state index contributed by atoms with van der Waals surface area (Å²) in [6.45, 7) is 0. The lowest BCUT2D eigenvalue weighted by Gasteiger charge is -2.07. The number of anilines is 2. The smallest absolute Gasteiger partial charge is 0.170 e. The molecule has 0 aliphatic carbocycles. The van der Waals surface area contributed by atoms with Gasteiger partial charge in [-0.3, -0.25) is 0 Å². The molecule has 0 aliphatic heterocycles. The van der Waals surface area contributed by atoms with Gasteiger partial charge in [0.15, 0.2) is 5.82 Å². The summed E-state index contributed by atoms with van der Waals surface area (Å²) in [6, 6.07) is 11.6. The van der Waals surface area contributed by atoms with Gasteiger partial charge >= 0.3 is 0 Å². The van der Waals surface area contributed by atoms with Crippen LogP contribution in [0.25, 0.3) is 5.69 Å². The average Bonchev–Trinajstić information content (AvgIpc) is 2.67. The number of hydrogen-bond donors (Lipinski definition) is 1. The van der Waals surface area contributed by atoms with E-state index in [-0.39, 0.29) is 0 Å². The number of para-hydroxylation sites is 1. The van der Waals surface area contributed by atoms with Gasteiger partial charge in [-0.1, -0.05) is 18.2 Å². The third-order valence-electron chi connectivity index (χ3n) is 2.44. The zero-order valence-corrected chi connectivity index (χ0v) is 9.75. The van der Waals surface area contributed by atoms with Gasteiger partial charge in [-0.2, -0.15) is 5.26 Å². The summed E-state index contributed by atoms with van der Waals surface area (Å²) in [5.74, 6) is 0.941. The van der Waals surface area contributed by atoms with E-state index in [9.17, 15) is 0 Å². The predicted octanol–water partition coefficient (Wildman–Crippen LogP) is 1.39. The fraction of sp³-hybridized carbons (Fsp3) is 0.167. The number of nitrogens with zero attached hydrogens (tertiary/aromatic N) is 4. The Morgan fingerprint density at radius 1 is 1.29 bits per heavy atom. The normalized spacial score (nSPS) is 9.94. The standard InChI is InChI=1S/C12H13N5/c1-16(2)12-10(8-13)11(14)17(15-12)9-6-4-3-5-7-9/h3-7H,14H2,1-2H3. The summed E-state index contributed by atoms with van der Waals surface area (Å²) in [5, 5.41) is 13.4. The molecule has 0 fully saturated rings. The minimum atomic E-state index is 0.363. The average molecular weight is 227 g/mol. The third-order valence-corrected chi connectivity index (χ3v) is 2.44. The lowest BCUT2D eigenvalue weighted by molar-refractivity contribution is 0.875. The number of rotatable bonds is 2. The highest BCUT2D eigenvalue weighted by atomic mass is 15.4. The summed E-state index contributed by atoms with van der Waals surface area (Å²) in [6.07, 6.45) is 0. The van der Waals surface area contributed by atoms with E-state index < -0.39 is 0 Å². The van der Waals surface area contributed by atoms with Crippen LogP contribution in [0, 0.1) is 11.3 Å². The molecule has 0 radical (unpaired) electrons. The van der Waals surface area contributed by atoms with Crippen LogP contribution in [0.5, 0.6) is 0 Å². The molecule has 0 aliphatic rings. The molecule has 0 atom stereocenters. The van der Waals surface area contributed by atoms with Crippen LogP contribution < -0.4 is 10.6 Å². The Balaban J connectivity index is 2.62. The van der Waals surface area contributed by atoms with E-state index in [1.54, 1.807) is 9.58 Å². The summed E-state index contributed by atoms with van der Waals surface area (Å²) in [5.41, 5.74) is 7.18. The summed E-state index contributed by atoms with van der Waals surface area (Å²) in [7, 11) is 3.66. The molecule has 1 aromatic heterocycles. The Bertz CT molecular complexity index is 563. The highest BCUT2D eigenvalue weighted by Crippen LogP contribution is 2.25. The zero-order valence-electron chi connectivity index (χ0n) is 9.75. The molecule has 2 N–H and O–H groups in total. The van der Waals surface area contributed by atoms with Crippen molar-refractivity contribution < 1.29 is 0 Å². The zero-order chi connectivity index (χ0) is 12.4. The summed E-state index contributed by atoms with van der Waals surface area (Å²) >= 11 is 0. The Morgan fingerprint density at radius 2 is 1.94 bits per heavy atom. The largest absolute Gasteiger partial charge is 0.382 e. The monoisotopic (exact) mass is 227 g/mol. The molecule has 5 nitrogen and oxygen atoms in total. The lowest BCUT2D eigenvalue weighted by Crippen LogP contribution is -2.11. The van der Waals surface area contributed by atoms with Crippen molar-refractivity contribution in [1.82, 2.24) is 9.78 Å². The lowest BCUT2D eigenvalue weighted by atomic mass is 10.3. The van der Waals surface area contributed by atoms with Gasteiger partial charge in [-0.15, -0.1) is 5.10 Å². The van der Waals surface area contributed by atoms with Crippen LogP contribution in [0.15, 0.2) is 30.3 Å². The van der Waals surface area contributed by atoms with Crippen molar-refractivity contribution in [3.8, 4) is 11.8 Å². The molecule has 1 aromatic carbocycles. The van der Waals surface area contributed by atoms with Crippen molar-refractivity contribution in [2.45, 2.75) is 0 Å². The van der Waals surface area contributed by atoms with E-state index in [0.29, 0.717) is 17.2 Å². The molecule has 5 heteroatoms. The van der Waals surface area contributed by atoms with Gasteiger partial charge in [0.2, 0.25) is 0 Å². The molecule has 1 heterocycles. The molecule has 0 saturated heterocycles. The predicted molar refractivity (Wildman–Crippen MR) is 67.0 cm³/mol. The minimum absolute atomic E-state index is 0.363. The maximum absolute atomic E-state index is 9.10. The number of nitriles is 1. The molecule has 2 aromatic rings. The van der Waals surface area contributed by atoms with Gasteiger partial charge in [0.05, 0.1) is 5.69 Å². The third kappa shape index (κ3) is 1.81. The van der Waals surface area contributed by atoms with Crippen LogP contribution in [0.2, 0.25) is 0 Å².